The molecule has 0 spiro atoms. The first-order chi connectivity index (χ1) is 11.6. The van der Waals surface area contributed by atoms with Crippen LogP contribution >= 0.6 is 0 Å². The summed E-state index contributed by atoms with van der Waals surface area (Å²) in [5, 5.41) is 9.55. The Morgan fingerprint density at radius 3 is 2.40 bits per heavy atom. The van der Waals surface area contributed by atoms with Crippen LogP contribution in [0.1, 0.15) is 65.7 Å². The summed E-state index contributed by atoms with van der Waals surface area (Å²) in [5.74, 6) is -0.806. The van der Waals surface area contributed by atoms with Crippen molar-refractivity contribution in [1.82, 2.24) is 0 Å². The van der Waals surface area contributed by atoms with E-state index in [1.807, 2.05) is 0 Å². The van der Waals surface area contributed by atoms with Crippen molar-refractivity contribution in [3.05, 3.63) is 0 Å². The molecule has 6 heteroatoms. The predicted octanol–water partition coefficient (Wildman–Crippen LogP) is 4.57. The fraction of sp³-hybridized carbons (Fsp3) is 0.947. The molecule has 1 saturated carbocycles. The van der Waals surface area contributed by atoms with E-state index in [1.54, 1.807) is 0 Å². The molecule has 2 rings (SSSR count). The molecular weight excluding hydrogens is 336 g/mol. The molecule has 2 fully saturated rings. The zero-order chi connectivity index (χ0) is 18.7. The minimum Gasteiger partial charge on any atom is -0.481 e. The zero-order valence-electron chi connectivity index (χ0n) is 16.6. The van der Waals surface area contributed by atoms with Crippen molar-refractivity contribution >= 4 is 14.3 Å². The van der Waals surface area contributed by atoms with Crippen LogP contribution in [0, 0.1) is 5.41 Å². The average molecular weight is 373 g/mol. The van der Waals surface area contributed by atoms with Crippen LogP contribution < -0.4 is 0 Å². The lowest BCUT2D eigenvalue weighted by molar-refractivity contribution is -0.230. The molecule has 0 aromatic rings. The van der Waals surface area contributed by atoms with E-state index in [1.165, 1.54) is 0 Å². The largest absolute Gasteiger partial charge is 0.481 e. The molecule has 1 saturated heterocycles. The summed E-state index contributed by atoms with van der Waals surface area (Å²) < 4.78 is 18.4. The monoisotopic (exact) mass is 372 g/mol. The number of rotatable bonds is 8. The van der Waals surface area contributed by atoms with Crippen molar-refractivity contribution in [3.63, 3.8) is 0 Å². The maximum atomic E-state index is 11.4. The SMILES string of the molecule is CC(C)(C)[Si](C)(C)OCC1(C(CC(=O)O)OC2CCCCO2)CCC1. The molecule has 2 atom stereocenters. The van der Waals surface area contributed by atoms with E-state index in [0.717, 1.165) is 38.5 Å². The van der Waals surface area contributed by atoms with Gasteiger partial charge in [0, 0.05) is 18.6 Å². The Balaban J connectivity index is 2.07. The molecule has 5 nitrogen and oxygen atoms in total. The molecule has 0 radical (unpaired) electrons. The van der Waals surface area contributed by atoms with Gasteiger partial charge in [0.25, 0.3) is 0 Å². The molecular formula is C19H36O5Si. The highest BCUT2D eigenvalue weighted by atomic mass is 28.4. The van der Waals surface area contributed by atoms with Gasteiger partial charge >= 0.3 is 5.97 Å². The first kappa shape index (κ1) is 20.9. The van der Waals surface area contributed by atoms with Gasteiger partial charge in [-0.05, 0) is 50.2 Å². The van der Waals surface area contributed by atoms with Crippen molar-refractivity contribution in [3.8, 4) is 0 Å². The van der Waals surface area contributed by atoms with Crippen molar-refractivity contribution in [2.75, 3.05) is 13.2 Å². The Morgan fingerprint density at radius 1 is 1.28 bits per heavy atom. The Hall–Kier alpha value is -0.433. The van der Waals surface area contributed by atoms with Crippen LogP contribution in [-0.2, 0) is 18.7 Å². The second kappa shape index (κ2) is 8.07. The molecule has 2 aliphatic rings. The molecule has 25 heavy (non-hydrogen) atoms. The Bertz CT molecular complexity index is 447. The molecule has 146 valence electrons. The Kier molecular flexibility index (Phi) is 6.74. The van der Waals surface area contributed by atoms with Gasteiger partial charge < -0.3 is 19.0 Å². The lowest BCUT2D eigenvalue weighted by atomic mass is 9.65. The minimum atomic E-state index is -1.87. The van der Waals surface area contributed by atoms with Crippen LogP contribution in [0.15, 0.2) is 0 Å². The van der Waals surface area contributed by atoms with E-state index in [4.69, 9.17) is 13.9 Å². The second-order valence-electron chi connectivity index (χ2n) is 9.28. The molecule has 1 aliphatic carbocycles. The molecule has 2 unspecified atom stereocenters. The number of hydrogen-bond donors (Lipinski definition) is 1. The summed E-state index contributed by atoms with van der Waals surface area (Å²) >= 11 is 0. The van der Waals surface area contributed by atoms with Crippen molar-refractivity contribution in [2.45, 2.75) is 96.2 Å². The molecule has 0 amide bonds. The lowest BCUT2D eigenvalue weighted by Gasteiger charge is -2.50. The summed E-state index contributed by atoms with van der Waals surface area (Å²) in [6, 6.07) is 0. The quantitative estimate of drug-likeness (QED) is 0.633. The fourth-order valence-electron chi connectivity index (χ4n) is 3.30. The van der Waals surface area contributed by atoms with Crippen LogP contribution in [0.2, 0.25) is 18.1 Å². The van der Waals surface area contributed by atoms with Crippen LogP contribution in [0.25, 0.3) is 0 Å². The maximum absolute atomic E-state index is 11.4. The van der Waals surface area contributed by atoms with E-state index in [-0.39, 0.29) is 29.3 Å². The highest BCUT2D eigenvalue weighted by Gasteiger charge is 2.49. The smallest absolute Gasteiger partial charge is 0.306 e. The minimum absolute atomic E-state index is 0.0285. The topological polar surface area (TPSA) is 65.0 Å². The maximum Gasteiger partial charge on any atom is 0.306 e. The fourth-order valence-corrected chi connectivity index (χ4v) is 4.38. The zero-order valence-corrected chi connectivity index (χ0v) is 17.6. The van der Waals surface area contributed by atoms with Gasteiger partial charge in [-0.25, -0.2) is 0 Å². The molecule has 1 aliphatic heterocycles. The number of carbonyl (C=O) groups is 1. The Morgan fingerprint density at radius 2 is 1.96 bits per heavy atom. The summed E-state index contributed by atoms with van der Waals surface area (Å²) in [6.45, 7) is 12.5. The van der Waals surface area contributed by atoms with Crippen LogP contribution in [0.4, 0.5) is 0 Å². The molecule has 1 N–H and O–H groups in total. The number of aliphatic carboxylic acids is 1. The van der Waals surface area contributed by atoms with E-state index >= 15 is 0 Å². The summed E-state index contributed by atoms with van der Waals surface area (Å²) in [4.78, 5) is 11.4. The van der Waals surface area contributed by atoms with Crippen LogP contribution in [-0.4, -0.2) is 45.0 Å². The first-order valence-electron chi connectivity index (χ1n) is 9.69. The standard InChI is InChI=1S/C19H36O5Si/c1-18(2,3)25(4,5)23-14-19(10-8-11-19)15(13-16(20)21)24-17-9-6-7-12-22-17/h15,17H,6-14H2,1-5H3,(H,20,21). The number of ether oxygens (including phenoxy) is 2. The average Bonchev–Trinajstić information content (AvgIpc) is 2.45. The van der Waals surface area contributed by atoms with E-state index in [0.29, 0.717) is 13.2 Å². The number of carboxylic acids is 1. The summed E-state index contributed by atoms with van der Waals surface area (Å²) in [6.07, 6.45) is 5.51. The van der Waals surface area contributed by atoms with Gasteiger partial charge in [-0.3, -0.25) is 4.79 Å². The van der Waals surface area contributed by atoms with E-state index in [2.05, 4.69) is 33.9 Å². The van der Waals surface area contributed by atoms with Gasteiger partial charge in [0.2, 0.25) is 0 Å². The highest BCUT2D eigenvalue weighted by molar-refractivity contribution is 6.74. The summed E-state index contributed by atoms with van der Waals surface area (Å²) in [7, 11) is -1.87. The van der Waals surface area contributed by atoms with Crippen molar-refractivity contribution in [1.29, 1.82) is 0 Å². The van der Waals surface area contributed by atoms with Crippen molar-refractivity contribution < 1.29 is 23.8 Å². The second-order valence-corrected chi connectivity index (χ2v) is 14.1. The van der Waals surface area contributed by atoms with Gasteiger partial charge in [-0.1, -0.05) is 27.2 Å². The first-order valence-corrected chi connectivity index (χ1v) is 12.6. The molecule has 1 heterocycles. The molecule has 0 bridgehead atoms. The lowest BCUT2D eigenvalue weighted by Crippen LogP contribution is -2.52. The van der Waals surface area contributed by atoms with Crippen LogP contribution in [0.5, 0.6) is 0 Å². The Labute approximate surface area is 153 Å². The third-order valence-corrected chi connectivity index (χ3v) is 10.9. The third kappa shape index (κ3) is 5.28. The van der Waals surface area contributed by atoms with E-state index < -0.39 is 14.3 Å². The van der Waals surface area contributed by atoms with Gasteiger partial charge in [0.15, 0.2) is 14.6 Å². The highest BCUT2D eigenvalue weighted by Crippen LogP contribution is 2.49. The number of hydrogen-bond acceptors (Lipinski definition) is 4. The van der Waals surface area contributed by atoms with Gasteiger partial charge in [-0.2, -0.15) is 0 Å². The predicted molar refractivity (Wildman–Crippen MR) is 100 cm³/mol. The van der Waals surface area contributed by atoms with Gasteiger partial charge in [0.1, 0.15) is 0 Å². The van der Waals surface area contributed by atoms with Gasteiger partial charge in [-0.15, -0.1) is 0 Å². The van der Waals surface area contributed by atoms with Crippen molar-refractivity contribution in [2.24, 2.45) is 5.41 Å². The van der Waals surface area contributed by atoms with E-state index in [9.17, 15) is 9.90 Å². The normalized spacial score (nSPS) is 25.2. The number of carboxylic acid groups (broad SMARTS) is 1. The van der Waals surface area contributed by atoms with Crippen LogP contribution in [0.3, 0.4) is 0 Å². The molecule has 0 aromatic carbocycles. The van der Waals surface area contributed by atoms with Gasteiger partial charge in [0.05, 0.1) is 12.5 Å². The molecule has 0 aromatic heterocycles. The summed E-state index contributed by atoms with van der Waals surface area (Å²) in [5.41, 5.74) is -0.172. The third-order valence-electron chi connectivity index (χ3n) is 6.37.